The molecule has 0 spiro atoms. The third-order valence-electron chi connectivity index (χ3n) is 17.9. The van der Waals surface area contributed by atoms with Gasteiger partial charge in [0.15, 0.2) is 23.0 Å². The van der Waals surface area contributed by atoms with Gasteiger partial charge in [0.05, 0.1) is 26.4 Å². The highest BCUT2D eigenvalue weighted by Crippen LogP contribution is 2.48. The third kappa shape index (κ3) is 18.6. The van der Waals surface area contributed by atoms with Gasteiger partial charge in [-0.3, -0.25) is 19.4 Å². The van der Waals surface area contributed by atoms with E-state index >= 15 is 0 Å². The highest BCUT2D eigenvalue weighted by atomic mass is 16.7. The Morgan fingerprint density at radius 1 is 0.295 bits per heavy atom. The zero-order chi connectivity index (χ0) is 57.4. The van der Waals surface area contributed by atoms with E-state index in [2.05, 4.69) is 171 Å². The van der Waals surface area contributed by atoms with Crippen LogP contribution in [0.3, 0.4) is 0 Å². The van der Waals surface area contributed by atoms with Crippen molar-refractivity contribution in [1.82, 2.24) is 20.3 Å². The Kier molecular flexibility index (Phi) is 28.1. The van der Waals surface area contributed by atoms with Gasteiger partial charge >= 0.3 is 0 Å². The molecule has 0 N–H and O–H groups in total. The molecule has 8 atom stereocenters. The summed E-state index contributed by atoms with van der Waals surface area (Å²) in [7, 11) is 0. The predicted octanol–water partition coefficient (Wildman–Crippen LogP) is 16.2. The van der Waals surface area contributed by atoms with E-state index in [9.17, 15) is 0 Å². The van der Waals surface area contributed by atoms with Crippen LogP contribution < -0.4 is 18.9 Å². The van der Waals surface area contributed by atoms with Crippen molar-refractivity contribution < 1.29 is 38.3 Å². The molecule has 5 rings (SSSR count). The number of nitrogens with zero attached hydrogens (tertiary/aromatic N) is 4. The Labute approximate surface area is 479 Å². The van der Waals surface area contributed by atoms with Crippen molar-refractivity contribution in [2.24, 2.45) is 47.3 Å². The molecular formula is C66H122N4O8. The fourth-order valence-corrected chi connectivity index (χ4v) is 12.9. The van der Waals surface area contributed by atoms with Gasteiger partial charge in [0, 0.05) is 112 Å². The fraction of sp³-hybridized carbons (Fsp3) is 0.909. The first-order valence-electron chi connectivity index (χ1n) is 32.6. The van der Waals surface area contributed by atoms with Crippen LogP contribution in [0.25, 0.3) is 0 Å². The van der Waals surface area contributed by atoms with Gasteiger partial charge in [-0.1, -0.05) is 164 Å². The molecule has 454 valence electrons. The van der Waals surface area contributed by atoms with Crippen LogP contribution in [0.4, 0.5) is 0 Å². The fourth-order valence-electron chi connectivity index (χ4n) is 12.9. The van der Waals surface area contributed by atoms with E-state index in [-0.39, 0.29) is 72.8 Å². The molecule has 12 heteroatoms. The normalized spacial score (nSPS) is 29.4. The molecule has 4 saturated heterocycles. The molecule has 78 heavy (non-hydrogen) atoms. The van der Waals surface area contributed by atoms with E-state index in [1.807, 2.05) is 0 Å². The average Bonchev–Trinajstić information content (AvgIpc) is 3.38. The second-order valence-electron chi connectivity index (χ2n) is 27.3. The minimum absolute atomic E-state index is 0.0618. The Balaban J connectivity index is 1.68. The van der Waals surface area contributed by atoms with Gasteiger partial charge in [0.1, 0.15) is 24.4 Å². The second kappa shape index (κ2) is 32.8. The minimum atomic E-state index is -0.0618. The molecule has 1 aromatic carbocycles. The molecule has 12 nitrogen and oxygen atoms in total. The Bertz CT molecular complexity index is 1490. The van der Waals surface area contributed by atoms with Crippen molar-refractivity contribution in [3.63, 3.8) is 0 Å². The van der Waals surface area contributed by atoms with Gasteiger partial charge < -0.3 is 18.9 Å². The minimum Gasteiger partial charge on any atom is -0.486 e. The summed E-state index contributed by atoms with van der Waals surface area (Å²) in [6.07, 6.45) is 15.2. The molecule has 0 saturated carbocycles. The predicted molar refractivity (Wildman–Crippen MR) is 321 cm³/mol. The molecule has 4 fully saturated rings. The molecule has 0 aromatic heterocycles. The first kappa shape index (κ1) is 66.9. The van der Waals surface area contributed by atoms with E-state index in [1.165, 1.54) is 0 Å². The van der Waals surface area contributed by atoms with Gasteiger partial charge in [0.25, 0.3) is 0 Å². The van der Waals surface area contributed by atoms with E-state index in [1.54, 1.807) is 0 Å². The summed E-state index contributed by atoms with van der Waals surface area (Å²) in [5, 5.41) is 9.47. The zero-order valence-electron chi connectivity index (χ0n) is 53.9. The Morgan fingerprint density at radius 2 is 0.449 bits per heavy atom. The summed E-state index contributed by atoms with van der Waals surface area (Å²) in [4.78, 5) is 26.9. The maximum atomic E-state index is 7.59. The van der Waals surface area contributed by atoms with Gasteiger partial charge in [-0.2, -0.15) is 20.3 Å². The molecule has 4 heterocycles. The Morgan fingerprint density at radius 3 is 0.577 bits per heavy atom. The van der Waals surface area contributed by atoms with Crippen LogP contribution in [0, 0.1) is 47.3 Å². The lowest BCUT2D eigenvalue weighted by atomic mass is 9.84. The van der Waals surface area contributed by atoms with Crippen LogP contribution in [-0.2, 0) is 19.4 Å². The molecule has 4 aliphatic rings. The lowest BCUT2D eigenvalue weighted by molar-refractivity contribution is -0.253. The summed E-state index contributed by atoms with van der Waals surface area (Å²) in [6, 6.07) is 6.02. The quantitative estimate of drug-likeness (QED) is 0.0644. The number of hydrogen-bond donors (Lipinski definition) is 0. The monoisotopic (exact) mass is 1100 g/mol. The van der Waals surface area contributed by atoms with Gasteiger partial charge in [0.2, 0.25) is 0 Å². The van der Waals surface area contributed by atoms with E-state index < -0.39 is 0 Å². The molecule has 0 bridgehead atoms. The smallest absolute Gasteiger partial charge is 0.165 e. The second-order valence-corrected chi connectivity index (χ2v) is 27.3. The topological polar surface area (TPSA) is 86.8 Å². The maximum absolute atomic E-state index is 7.59. The number of rotatable bonds is 32. The molecule has 8 unspecified atom stereocenters. The van der Waals surface area contributed by atoms with Crippen LogP contribution in [0.15, 0.2) is 12.1 Å². The lowest BCUT2D eigenvalue weighted by Gasteiger charge is -2.48. The number of hydroxylamine groups is 8. The van der Waals surface area contributed by atoms with E-state index in [0.29, 0.717) is 47.3 Å². The maximum Gasteiger partial charge on any atom is 0.165 e. The van der Waals surface area contributed by atoms with Crippen molar-refractivity contribution in [2.75, 3.05) is 26.4 Å². The first-order chi connectivity index (χ1) is 37.1. The van der Waals surface area contributed by atoms with Crippen molar-refractivity contribution >= 4 is 0 Å². The molecule has 0 aliphatic carbocycles. The van der Waals surface area contributed by atoms with Gasteiger partial charge in [-0.15, -0.1) is 0 Å². The van der Waals surface area contributed by atoms with Crippen LogP contribution in [0.2, 0.25) is 0 Å². The van der Waals surface area contributed by atoms with Crippen molar-refractivity contribution in [3.8, 4) is 23.0 Å². The molecule has 0 radical (unpaired) electrons. The lowest BCUT2D eigenvalue weighted by Crippen LogP contribution is -2.56. The molecule has 1 aromatic rings. The van der Waals surface area contributed by atoms with Crippen molar-refractivity contribution in [3.05, 3.63) is 12.1 Å². The number of piperidine rings is 4. The standard InChI is InChI=1S/C66H122N4O8/c1-21-25-29-71-67-55(43(5)6)33-51(34-56(67)44(7)8)75-63-41-65(77-53-37-59(47(13)14)69(73-31-27-23-3)60(38-53)48(15)16)66(78-54-39-61(49(17)18)70(74-32-28-24-4)62(40-54)50(19)20)42-64(63)76-52-35-57(45(9)10)68(72-30-26-22-2)58(36-52)46(11)12/h41-62H,21-40H2,1-20H3. The Hall–Kier alpha value is -1.90. The SMILES string of the molecule is CCCCON1C(C(C)C)CC(Oc2cc(OC3CC(C(C)C)N(OCCCC)C(C(C)C)C3)c(OC3CC(C(C)C)N(OCCCC)C(C(C)C)C3)cc2OC2CC(C(C)C)N(OCCCC)C(C(C)C)C2)CC1C(C)C. The van der Waals surface area contributed by atoms with E-state index in [0.717, 1.165) is 152 Å². The van der Waals surface area contributed by atoms with E-state index in [4.69, 9.17) is 38.3 Å². The van der Waals surface area contributed by atoms with Crippen LogP contribution in [0.5, 0.6) is 23.0 Å². The largest absolute Gasteiger partial charge is 0.486 e. The zero-order valence-corrected chi connectivity index (χ0v) is 53.9. The number of hydrogen-bond acceptors (Lipinski definition) is 12. The summed E-state index contributed by atoms with van der Waals surface area (Å²) >= 11 is 0. The average molecular weight is 1100 g/mol. The molecule has 0 amide bonds. The summed E-state index contributed by atoms with van der Waals surface area (Å²) in [6.45, 7) is 49.4. The van der Waals surface area contributed by atoms with Gasteiger partial charge in [-0.05, 0) is 73.0 Å². The summed E-state index contributed by atoms with van der Waals surface area (Å²) < 4.78 is 30.4. The molecular weight excluding hydrogens is 977 g/mol. The highest BCUT2D eigenvalue weighted by Gasteiger charge is 2.46. The van der Waals surface area contributed by atoms with Crippen LogP contribution in [-0.4, -0.2) is 119 Å². The number of unbranched alkanes of at least 4 members (excludes halogenated alkanes) is 4. The summed E-state index contributed by atoms with van der Waals surface area (Å²) in [5.74, 6) is 6.01. The summed E-state index contributed by atoms with van der Waals surface area (Å²) in [5.41, 5.74) is 0. The van der Waals surface area contributed by atoms with Crippen LogP contribution >= 0.6 is 0 Å². The van der Waals surface area contributed by atoms with Gasteiger partial charge in [-0.25, -0.2) is 0 Å². The van der Waals surface area contributed by atoms with Crippen LogP contribution in [0.1, 0.15) is 241 Å². The number of ether oxygens (including phenoxy) is 4. The first-order valence-corrected chi connectivity index (χ1v) is 32.6. The third-order valence-corrected chi connectivity index (χ3v) is 17.9. The van der Waals surface area contributed by atoms with Crippen molar-refractivity contribution in [1.29, 1.82) is 0 Å². The number of benzene rings is 1. The molecule has 4 aliphatic heterocycles. The van der Waals surface area contributed by atoms with Crippen molar-refractivity contribution in [2.45, 2.75) is 314 Å². The highest BCUT2D eigenvalue weighted by molar-refractivity contribution is 5.55.